The molecule has 21 heavy (non-hydrogen) atoms. The molecule has 2 N–H and O–H groups in total. The molecule has 7 nitrogen and oxygen atoms in total. The number of hydrogen-bond acceptors (Lipinski definition) is 5. The van der Waals surface area contributed by atoms with Gasteiger partial charge in [0.25, 0.3) is 5.91 Å². The lowest BCUT2D eigenvalue weighted by atomic mass is 10.2. The van der Waals surface area contributed by atoms with Crippen LogP contribution in [0, 0.1) is 6.92 Å². The molecule has 1 amide bonds. The largest absolute Gasteiger partial charge is 0.484 e. The van der Waals surface area contributed by atoms with Gasteiger partial charge in [0, 0.05) is 0 Å². The van der Waals surface area contributed by atoms with Crippen molar-refractivity contribution in [1.82, 2.24) is 5.32 Å². The van der Waals surface area contributed by atoms with Gasteiger partial charge < -0.3 is 19.9 Å². The zero-order valence-corrected chi connectivity index (χ0v) is 11.8. The van der Waals surface area contributed by atoms with E-state index in [1.165, 1.54) is 0 Å². The first-order chi connectivity index (χ1) is 9.92. The minimum atomic E-state index is -1.34. The summed E-state index contributed by atoms with van der Waals surface area (Å²) in [6, 6.07) is 5.75. The predicted octanol–water partition coefficient (Wildman–Crippen LogP) is 0.506. The Kier molecular flexibility index (Phi) is 6.19. The van der Waals surface area contributed by atoms with E-state index in [-0.39, 0.29) is 6.61 Å². The SMILES string of the molecule is COC(=O)C[C@H](NC(=O)COc1cccc(C)c1)C(=O)O. The summed E-state index contributed by atoms with van der Waals surface area (Å²) >= 11 is 0. The molecule has 1 aromatic carbocycles. The Morgan fingerprint density at radius 2 is 2.05 bits per heavy atom. The molecule has 0 aromatic heterocycles. The Hall–Kier alpha value is -2.57. The third kappa shape index (κ3) is 5.94. The van der Waals surface area contributed by atoms with Gasteiger partial charge in [0.1, 0.15) is 11.8 Å². The van der Waals surface area contributed by atoms with Crippen LogP contribution >= 0.6 is 0 Å². The molecule has 1 atom stereocenters. The molecule has 0 fully saturated rings. The topological polar surface area (TPSA) is 102 Å². The molecule has 0 aliphatic rings. The van der Waals surface area contributed by atoms with Crippen molar-refractivity contribution in [1.29, 1.82) is 0 Å². The number of hydrogen-bond donors (Lipinski definition) is 2. The maximum atomic E-state index is 11.6. The number of nitrogens with one attached hydrogen (secondary N) is 1. The number of carbonyl (C=O) groups is 3. The number of esters is 1. The fourth-order valence-electron chi connectivity index (χ4n) is 1.54. The van der Waals surface area contributed by atoms with Crippen LogP contribution in [0.15, 0.2) is 24.3 Å². The monoisotopic (exact) mass is 295 g/mol. The van der Waals surface area contributed by atoms with Crippen molar-refractivity contribution < 1.29 is 29.0 Å². The highest BCUT2D eigenvalue weighted by Gasteiger charge is 2.23. The summed E-state index contributed by atoms with van der Waals surface area (Å²) in [6.45, 7) is 1.54. The number of carbonyl (C=O) groups excluding carboxylic acids is 2. The molecular weight excluding hydrogens is 278 g/mol. The molecule has 1 rings (SSSR count). The van der Waals surface area contributed by atoms with E-state index in [0.717, 1.165) is 12.7 Å². The van der Waals surface area contributed by atoms with E-state index in [0.29, 0.717) is 5.75 Å². The average molecular weight is 295 g/mol. The lowest BCUT2D eigenvalue weighted by Gasteiger charge is -2.13. The fraction of sp³-hybridized carbons (Fsp3) is 0.357. The summed E-state index contributed by atoms with van der Waals surface area (Å²) in [5, 5.41) is 11.1. The number of aliphatic carboxylic acids is 1. The van der Waals surface area contributed by atoms with Crippen molar-refractivity contribution in [2.45, 2.75) is 19.4 Å². The minimum absolute atomic E-state index is 0.339. The zero-order chi connectivity index (χ0) is 15.8. The summed E-state index contributed by atoms with van der Waals surface area (Å²) in [5.74, 6) is -2.16. The number of amides is 1. The highest BCUT2D eigenvalue weighted by molar-refractivity contribution is 5.87. The van der Waals surface area contributed by atoms with Crippen LogP contribution in [-0.4, -0.2) is 42.7 Å². The Balaban J connectivity index is 2.50. The third-order valence-corrected chi connectivity index (χ3v) is 2.59. The molecule has 0 saturated heterocycles. The van der Waals surface area contributed by atoms with E-state index < -0.39 is 30.3 Å². The molecule has 0 aliphatic heterocycles. The van der Waals surface area contributed by atoms with Gasteiger partial charge in [-0.25, -0.2) is 4.79 Å². The maximum Gasteiger partial charge on any atom is 0.326 e. The van der Waals surface area contributed by atoms with E-state index in [9.17, 15) is 14.4 Å². The van der Waals surface area contributed by atoms with Crippen LogP contribution in [0.5, 0.6) is 5.75 Å². The molecule has 0 aliphatic carbocycles. The van der Waals surface area contributed by atoms with Gasteiger partial charge in [-0.05, 0) is 24.6 Å². The molecule has 0 bridgehead atoms. The van der Waals surface area contributed by atoms with Crippen LogP contribution < -0.4 is 10.1 Å². The lowest BCUT2D eigenvalue weighted by Crippen LogP contribution is -2.44. The first-order valence-electron chi connectivity index (χ1n) is 6.21. The fourth-order valence-corrected chi connectivity index (χ4v) is 1.54. The quantitative estimate of drug-likeness (QED) is 0.710. The van der Waals surface area contributed by atoms with E-state index in [2.05, 4.69) is 10.1 Å². The number of ether oxygens (including phenoxy) is 2. The zero-order valence-electron chi connectivity index (χ0n) is 11.8. The Morgan fingerprint density at radius 3 is 2.62 bits per heavy atom. The van der Waals surface area contributed by atoms with E-state index in [1.807, 2.05) is 13.0 Å². The second-order valence-corrected chi connectivity index (χ2v) is 4.34. The highest BCUT2D eigenvalue weighted by atomic mass is 16.5. The standard InChI is InChI=1S/C14H17NO6/c1-9-4-3-5-10(6-9)21-8-12(16)15-11(14(18)19)7-13(17)20-2/h3-6,11H,7-8H2,1-2H3,(H,15,16)(H,18,19)/t11-/m0/s1. The van der Waals surface area contributed by atoms with E-state index in [4.69, 9.17) is 9.84 Å². The molecular formula is C14H17NO6. The van der Waals surface area contributed by atoms with Crippen molar-refractivity contribution in [3.05, 3.63) is 29.8 Å². The average Bonchev–Trinajstić information content (AvgIpc) is 2.44. The van der Waals surface area contributed by atoms with Gasteiger partial charge in [0.2, 0.25) is 0 Å². The number of rotatable bonds is 7. The van der Waals surface area contributed by atoms with Crippen molar-refractivity contribution >= 4 is 17.8 Å². The van der Waals surface area contributed by atoms with Crippen LogP contribution in [0.25, 0.3) is 0 Å². The van der Waals surface area contributed by atoms with Gasteiger partial charge in [-0.3, -0.25) is 9.59 Å². The Bertz CT molecular complexity index is 528. The molecule has 7 heteroatoms. The summed E-state index contributed by atoms with van der Waals surface area (Å²) < 4.78 is 9.61. The molecule has 0 heterocycles. The lowest BCUT2D eigenvalue weighted by molar-refractivity contribution is -0.148. The number of aryl methyl sites for hydroxylation is 1. The number of benzene rings is 1. The highest BCUT2D eigenvalue weighted by Crippen LogP contribution is 2.11. The van der Waals surface area contributed by atoms with Crippen LogP contribution in [0.2, 0.25) is 0 Å². The molecule has 114 valence electrons. The molecule has 0 radical (unpaired) electrons. The maximum absolute atomic E-state index is 11.6. The summed E-state index contributed by atoms with van der Waals surface area (Å²) in [4.78, 5) is 33.6. The Labute approximate surface area is 121 Å². The second-order valence-electron chi connectivity index (χ2n) is 4.34. The van der Waals surface area contributed by atoms with Crippen molar-refractivity contribution in [3.8, 4) is 5.75 Å². The smallest absolute Gasteiger partial charge is 0.326 e. The number of carboxylic acids is 1. The number of carboxylic acid groups (broad SMARTS) is 1. The van der Waals surface area contributed by atoms with Crippen LogP contribution in [0.4, 0.5) is 0 Å². The summed E-state index contributed by atoms with van der Waals surface area (Å²) in [5.41, 5.74) is 0.974. The molecule has 0 spiro atoms. The summed E-state index contributed by atoms with van der Waals surface area (Å²) in [7, 11) is 1.14. The second kappa shape index (κ2) is 7.88. The van der Waals surface area contributed by atoms with Gasteiger partial charge >= 0.3 is 11.9 Å². The van der Waals surface area contributed by atoms with Gasteiger partial charge in [-0.2, -0.15) is 0 Å². The summed E-state index contributed by atoms with van der Waals surface area (Å²) in [6.07, 6.45) is -0.442. The van der Waals surface area contributed by atoms with E-state index in [1.54, 1.807) is 18.2 Å². The van der Waals surface area contributed by atoms with Gasteiger partial charge in [-0.15, -0.1) is 0 Å². The van der Waals surface area contributed by atoms with Gasteiger partial charge in [-0.1, -0.05) is 12.1 Å². The van der Waals surface area contributed by atoms with Crippen LogP contribution in [0.3, 0.4) is 0 Å². The van der Waals surface area contributed by atoms with Crippen molar-refractivity contribution in [2.75, 3.05) is 13.7 Å². The van der Waals surface area contributed by atoms with Crippen molar-refractivity contribution in [2.24, 2.45) is 0 Å². The minimum Gasteiger partial charge on any atom is -0.484 e. The Morgan fingerprint density at radius 1 is 1.33 bits per heavy atom. The third-order valence-electron chi connectivity index (χ3n) is 2.59. The van der Waals surface area contributed by atoms with E-state index >= 15 is 0 Å². The van der Waals surface area contributed by atoms with Crippen molar-refractivity contribution in [3.63, 3.8) is 0 Å². The van der Waals surface area contributed by atoms with Crippen LogP contribution in [-0.2, 0) is 19.1 Å². The predicted molar refractivity (Wildman–Crippen MR) is 72.9 cm³/mol. The normalized spacial score (nSPS) is 11.3. The molecule has 1 aromatic rings. The van der Waals surface area contributed by atoms with Crippen LogP contribution in [0.1, 0.15) is 12.0 Å². The van der Waals surface area contributed by atoms with Gasteiger partial charge in [0.15, 0.2) is 6.61 Å². The number of methoxy groups -OCH3 is 1. The molecule has 0 saturated carbocycles. The first kappa shape index (κ1) is 16.5. The first-order valence-corrected chi connectivity index (χ1v) is 6.21. The van der Waals surface area contributed by atoms with Gasteiger partial charge in [0.05, 0.1) is 13.5 Å². The molecule has 0 unspecified atom stereocenters.